The lowest BCUT2D eigenvalue weighted by Crippen LogP contribution is -2.38. The van der Waals surface area contributed by atoms with Crippen molar-refractivity contribution in [2.75, 3.05) is 13.1 Å². The van der Waals surface area contributed by atoms with E-state index in [2.05, 4.69) is 15.0 Å². The molecule has 8 heteroatoms. The number of carbonyl (C=O) groups is 1. The Bertz CT molecular complexity index is 558. The van der Waals surface area contributed by atoms with Crippen molar-refractivity contribution in [3.8, 4) is 0 Å². The zero-order valence-corrected chi connectivity index (χ0v) is 12.4. The largest absolute Gasteiger partial charge is 0.355 e. The lowest BCUT2D eigenvalue weighted by atomic mass is 10.2. The Labute approximate surface area is 119 Å². The Kier molecular flexibility index (Phi) is 6.05. The molecule has 7 nitrogen and oxygen atoms in total. The van der Waals surface area contributed by atoms with Gasteiger partial charge in [-0.3, -0.25) is 9.78 Å². The number of sulfonamides is 1. The number of hydrogen-bond acceptors (Lipinski definition) is 5. The second kappa shape index (κ2) is 7.32. The Morgan fingerprint density at radius 3 is 2.75 bits per heavy atom. The second-order valence-electron chi connectivity index (χ2n) is 4.67. The van der Waals surface area contributed by atoms with Gasteiger partial charge in [-0.2, -0.15) is 0 Å². The maximum atomic E-state index is 12.1. The van der Waals surface area contributed by atoms with E-state index in [4.69, 9.17) is 5.73 Å². The normalized spacial score (nSPS) is 11.6. The fourth-order valence-corrected chi connectivity index (χ4v) is 2.62. The number of nitrogens with zero attached hydrogens (tertiary/aromatic N) is 1. The number of amides is 1. The number of pyridine rings is 1. The maximum absolute atomic E-state index is 12.1. The van der Waals surface area contributed by atoms with Gasteiger partial charge in [0.1, 0.15) is 4.90 Å². The summed E-state index contributed by atoms with van der Waals surface area (Å²) in [5, 5.41) is 2.63. The molecule has 0 aliphatic rings. The number of nitrogens with two attached hydrogens (primary N) is 1. The maximum Gasteiger partial charge on any atom is 0.242 e. The summed E-state index contributed by atoms with van der Waals surface area (Å²) in [6.45, 7) is 4.10. The molecule has 0 aliphatic heterocycles. The van der Waals surface area contributed by atoms with Gasteiger partial charge in [0.05, 0.1) is 12.2 Å². The fourth-order valence-electron chi connectivity index (χ4n) is 1.44. The molecule has 1 heterocycles. The molecule has 0 unspecified atom stereocenters. The van der Waals surface area contributed by atoms with E-state index in [-0.39, 0.29) is 29.6 Å². The van der Waals surface area contributed by atoms with Gasteiger partial charge in [0, 0.05) is 19.3 Å². The molecule has 0 aliphatic carbocycles. The molecular weight excluding hydrogens is 280 g/mol. The molecule has 20 heavy (non-hydrogen) atoms. The average molecular weight is 300 g/mol. The summed E-state index contributed by atoms with van der Waals surface area (Å²) in [6, 6.07) is 2.91. The van der Waals surface area contributed by atoms with Crippen LogP contribution in [-0.4, -0.2) is 32.4 Å². The van der Waals surface area contributed by atoms with Crippen LogP contribution in [0.15, 0.2) is 23.2 Å². The van der Waals surface area contributed by atoms with Crippen molar-refractivity contribution in [2.45, 2.75) is 25.3 Å². The topological polar surface area (TPSA) is 114 Å². The highest BCUT2D eigenvalue weighted by atomic mass is 32.2. The first-order valence-corrected chi connectivity index (χ1v) is 7.75. The number of hydrogen-bond donors (Lipinski definition) is 3. The summed E-state index contributed by atoms with van der Waals surface area (Å²) in [4.78, 5) is 15.4. The summed E-state index contributed by atoms with van der Waals surface area (Å²) < 4.78 is 26.4. The van der Waals surface area contributed by atoms with Gasteiger partial charge in [0.25, 0.3) is 0 Å². The highest BCUT2D eigenvalue weighted by molar-refractivity contribution is 7.89. The Morgan fingerprint density at radius 1 is 1.45 bits per heavy atom. The van der Waals surface area contributed by atoms with Crippen molar-refractivity contribution in [2.24, 2.45) is 11.7 Å². The molecule has 0 saturated heterocycles. The second-order valence-corrected chi connectivity index (χ2v) is 6.41. The Balaban J connectivity index is 2.69. The molecule has 0 bridgehead atoms. The van der Waals surface area contributed by atoms with E-state index >= 15 is 0 Å². The number of nitrogens with one attached hydrogen (secondary N) is 2. The molecule has 0 aromatic carbocycles. The van der Waals surface area contributed by atoms with Crippen molar-refractivity contribution in [1.82, 2.24) is 15.0 Å². The van der Waals surface area contributed by atoms with Crippen LogP contribution >= 0.6 is 0 Å². The van der Waals surface area contributed by atoms with Crippen LogP contribution in [0.1, 0.15) is 19.5 Å². The predicted octanol–water partition coefficient (Wildman–Crippen LogP) is -0.409. The number of aromatic nitrogens is 1. The van der Waals surface area contributed by atoms with Crippen LogP contribution in [0, 0.1) is 5.92 Å². The van der Waals surface area contributed by atoms with Crippen LogP contribution in [0.5, 0.6) is 0 Å². The lowest BCUT2D eigenvalue weighted by Gasteiger charge is -2.10. The Morgan fingerprint density at radius 2 is 2.15 bits per heavy atom. The van der Waals surface area contributed by atoms with Crippen LogP contribution < -0.4 is 15.8 Å². The van der Waals surface area contributed by atoms with Gasteiger partial charge in [-0.15, -0.1) is 0 Å². The summed E-state index contributed by atoms with van der Waals surface area (Å²) in [6.07, 6.45) is 1.47. The summed E-state index contributed by atoms with van der Waals surface area (Å²) in [5.41, 5.74) is 5.72. The first-order chi connectivity index (χ1) is 9.36. The van der Waals surface area contributed by atoms with Gasteiger partial charge in [-0.25, -0.2) is 13.1 Å². The van der Waals surface area contributed by atoms with E-state index in [1.54, 1.807) is 0 Å². The van der Waals surface area contributed by atoms with E-state index < -0.39 is 10.0 Å². The van der Waals surface area contributed by atoms with E-state index in [0.29, 0.717) is 12.5 Å². The van der Waals surface area contributed by atoms with Crippen molar-refractivity contribution in [3.05, 3.63) is 24.0 Å². The van der Waals surface area contributed by atoms with Crippen molar-refractivity contribution in [1.29, 1.82) is 0 Å². The summed E-state index contributed by atoms with van der Waals surface area (Å²) in [5.74, 6) is -0.0711. The minimum Gasteiger partial charge on any atom is -0.355 e. The molecule has 0 fully saturated rings. The monoisotopic (exact) mass is 300 g/mol. The lowest BCUT2D eigenvalue weighted by molar-refractivity contribution is -0.120. The highest BCUT2D eigenvalue weighted by Crippen LogP contribution is 2.11. The zero-order chi connectivity index (χ0) is 15.2. The third kappa shape index (κ3) is 4.87. The number of carbonyl (C=O) groups excluding carboxylic acids is 1. The molecule has 1 aromatic heterocycles. The summed E-state index contributed by atoms with van der Waals surface area (Å²) >= 11 is 0. The molecule has 1 aromatic rings. The zero-order valence-electron chi connectivity index (χ0n) is 11.6. The van der Waals surface area contributed by atoms with Gasteiger partial charge >= 0.3 is 0 Å². The molecule has 0 radical (unpaired) electrons. The third-order valence-corrected chi connectivity index (χ3v) is 3.94. The van der Waals surface area contributed by atoms with Crippen molar-refractivity contribution >= 4 is 15.9 Å². The van der Waals surface area contributed by atoms with E-state index in [9.17, 15) is 13.2 Å². The van der Waals surface area contributed by atoms with Crippen LogP contribution in [-0.2, 0) is 21.4 Å². The van der Waals surface area contributed by atoms with Crippen molar-refractivity contribution < 1.29 is 13.2 Å². The van der Waals surface area contributed by atoms with E-state index in [1.807, 2.05) is 13.8 Å². The van der Waals surface area contributed by atoms with Crippen LogP contribution in [0.3, 0.4) is 0 Å². The predicted molar refractivity (Wildman–Crippen MR) is 75.2 cm³/mol. The molecular formula is C12H20N4O3S. The average Bonchev–Trinajstić information content (AvgIpc) is 2.43. The number of rotatable bonds is 7. The van der Waals surface area contributed by atoms with Crippen molar-refractivity contribution in [3.63, 3.8) is 0 Å². The third-order valence-electron chi connectivity index (χ3n) is 2.46. The van der Waals surface area contributed by atoms with Gasteiger partial charge < -0.3 is 11.1 Å². The molecule has 0 saturated carbocycles. The van der Waals surface area contributed by atoms with Gasteiger partial charge in [-0.1, -0.05) is 13.8 Å². The molecule has 1 rings (SSSR count). The first-order valence-electron chi connectivity index (χ1n) is 6.27. The highest BCUT2D eigenvalue weighted by Gasteiger charge is 2.19. The molecule has 4 N–H and O–H groups in total. The minimum absolute atomic E-state index is 0.000778. The molecule has 112 valence electrons. The van der Waals surface area contributed by atoms with Crippen LogP contribution in [0.4, 0.5) is 0 Å². The van der Waals surface area contributed by atoms with Gasteiger partial charge in [0.15, 0.2) is 0 Å². The van der Waals surface area contributed by atoms with E-state index in [1.165, 1.54) is 18.3 Å². The molecule has 0 spiro atoms. The van der Waals surface area contributed by atoms with Gasteiger partial charge in [0.2, 0.25) is 15.9 Å². The molecule has 0 atom stereocenters. The van der Waals surface area contributed by atoms with Crippen LogP contribution in [0.2, 0.25) is 0 Å². The summed E-state index contributed by atoms with van der Waals surface area (Å²) in [7, 11) is -3.79. The SMILES string of the molecule is CC(C)CNC(=O)CNS(=O)(=O)c1cccnc1CN. The quantitative estimate of drug-likeness (QED) is 0.633. The smallest absolute Gasteiger partial charge is 0.242 e. The first kappa shape index (κ1) is 16.5. The van der Waals surface area contributed by atoms with Gasteiger partial charge in [-0.05, 0) is 18.1 Å². The fraction of sp³-hybridized carbons (Fsp3) is 0.500. The molecule has 1 amide bonds. The Hall–Kier alpha value is -1.51. The van der Waals surface area contributed by atoms with Crippen LogP contribution in [0.25, 0.3) is 0 Å². The standard InChI is InChI=1S/C12H20N4O3S/c1-9(2)7-15-12(17)8-16-20(18,19)11-4-3-5-14-10(11)6-13/h3-5,9,16H,6-8,13H2,1-2H3,(H,15,17). The minimum atomic E-state index is -3.79. The van der Waals surface area contributed by atoms with E-state index in [0.717, 1.165) is 0 Å².